The van der Waals surface area contributed by atoms with Crippen molar-refractivity contribution in [3.05, 3.63) is 0 Å². The van der Waals surface area contributed by atoms with Gasteiger partial charge in [-0.25, -0.2) is 0 Å². The van der Waals surface area contributed by atoms with E-state index in [1.54, 1.807) is 0 Å². The fourth-order valence-corrected chi connectivity index (χ4v) is 4.10. The molecule has 0 heterocycles. The molecule has 0 aromatic heterocycles. The molecule has 0 N–H and O–H groups in total. The van der Waals surface area contributed by atoms with Crippen LogP contribution in [0.1, 0.15) is 59.3 Å². The molecule has 15 heavy (non-hydrogen) atoms. The summed E-state index contributed by atoms with van der Waals surface area (Å²) in [7, 11) is 0. The minimum Gasteiger partial charge on any atom is -0.299 e. The van der Waals surface area contributed by atoms with Gasteiger partial charge in [-0.3, -0.25) is 4.79 Å². The van der Waals surface area contributed by atoms with Crippen molar-refractivity contribution in [2.45, 2.75) is 59.3 Å². The van der Waals surface area contributed by atoms with Crippen molar-refractivity contribution in [3.8, 4) is 0 Å². The topological polar surface area (TPSA) is 17.1 Å². The molecule has 0 bridgehead atoms. The Labute approximate surface area is 93.6 Å². The molecule has 4 atom stereocenters. The lowest BCUT2D eigenvalue weighted by molar-refractivity contribution is -0.139. The van der Waals surface area contributed by atoms with Crippen molar-refractivity contribution in [2.24, 2.45) is 23.2 Å². The molecule has 0 spiro atoms. The Kier molecular flexibility index (Phi) is 2.92. The third kappa shape index (κ3) is 1.64. The fraction of sp³-hybridized carbons (Fsp3) is 0.929. The van der Waals surface area contributed by atoms with Gasteiger partial charge in [0.2, 0.25) is 0 Å². The fourth-order valence-electron chi connectivity index (χ4n) is 4.10. The summed E-state index contributed by atoms with van der Waals surface area (Å²) in [5, 5.41) is 0. The van der Waals surface area contributed by atoms with E-state index in [0.717, 1.165) is 11.8 Å². The maximum atomic E-state index is 12.0. The molecule has 0 saturated heterocycles. The summed E-state index contributed by atoms with van der Waals surface area (Å²) < 4.78 is 0. The molecule has 0 aromatic carbocycles. The number of hydrogen-bond acceptors (Lipinski definition) is 1. The van der Waals surface area contributed by atoms with Crippen molar-refractivity contribution in [2.75, 3.05) is 0 Å². The van der Waals surface area contributed by atoms with E-state index in [9.17, 15) is 4.79 Å². The molecule has 0 radical (unpaired) electrons. The first-order chi connectivity index (χ1) is 7.08. The molecule has 1 heteroatoms. The van der Waals surface area contributed by atoms with Crippen LogP contribution in [-0.4, -0.2) is 5.78 Å². The molecule has 2 rings (SSSR count). The Balaban J connectivity index is 2.28. The van der Waals surface area contributed by atoms with Crippen LogP contribution >= 0.6 is 0 Å². The first-order valence-electron chi connectivity index (χ1n) is 6.59. The smallest absolute Gasteiger partial charge is 0.136 e. The molecular formula is C14H24O. The van der Waals surface area contributed by atoms with E-state index in [-0.39, 0.29) is 5.41 Å². The first-order valence-corrected chi connectivity index (χ1v) is 6.59. The van der Waals surface area contributed by atoms with Crippen LogP contribution in [-0.2, 0) is 4.79 Å². The molecule has 2 aliphatic rings. The average Bonchev–Trinajstić information content (AvgIpc) is 2.24. The lowest BCUT2D eigenvalue weighted by atomic mass is 9.52. The van der Waals surface area contributed by atoms with Crippen molar-refractivity contribution in [3.63, 3.8) is 0 Å². The molecule has 0 amide bonds. The second-order valence-electron chi connectivity index (χ2n) is 5.94. The quantitative estimate of drug-likeness (QED) is 0.640. The summed E-state index contributed by atoms with van der Waals surface area (Å²) >= 11 is 0. The summed E-state index contributed by atoms with van der Waals surface area (Å²) in [6, 6.07) is 0. The molecule has 4 unspecified atom stereocenters. The van der Waals surface area contributed by atoms with E-state index in [4.69, 9.17) is 0 Å². The van der Waals surface area contributed by atoms with Crippen LogP contribution in [0, 0.1) is 23.2 Å². The van der Waals surface area contributed by atoms with E-state index >= 15 is 0 Å². The van der Waals surface area contributed by atoms with E-state index in [0.29, 0.717) is 11.7 Å². The van der Waals surface area contributed by atoms with E-state index in [2.05, 4.69) is 13.8 Å². The zero-order valence-electron chi connectivity index (χ0n) is 10.4. The van der Waals surface area contributed by atoms with Crippen LogP contribution in [0.3, 0.4) is 0 Å². The SMILES string of the molecule is CC(=O)C12CCCCC1C(C)C(C)CC2. The van der Waals surface area contributed by atoms with Gasteiger partial charge >= 0.3 is 0 Å². The van der Waals surface area contributed by atoms with Crippen molar-refractivity contribution < 1.29 is 4.79 Å². The standard InChI is InChI=1S/C14H24O/c1-10-7-9-14(12(3)15)8-5-4-6-13(14)11(10)2/h10-11,13H,4-9H2,1-3H3. The number of hydrogen-bond donors (Lipinski definition) is 0. The molecule has 0 aromatic rings. The Bertz CT molecular complexity index is 258. The molecule has 1 nitrogen and oxygen atoms in total. The third-order valence-electron chi connectivity index (χ3n) is 5.38. The largest absolute Gasteiger partial charge is 0.299 e. The van der Waals surface area contributed by atoms with Crippen LogP contribution in [0.2, 0.25) is 0 Å². The summed E-state index contributed by atoms with van der Waals surface area (Å²) in [6.45, 7) is 6.57. The number of rotatable bonds is 1. The van der Waals surface area contributed by atoms with Gasteiger partial charge in [0.1, 0.15) is 5.78 Å². The van der Waals surface area contributed by atoms with Crippen LogP contribution in [0.25, 0.3) is 0 Å². The van der Waals surface area contributed by atoms with Gasteiger partial charge in [0.25, 0.3) is 0 Å². The molecule has 2 aliphatic carbocycles. The van der Waals surface area contributed by atoms with Crippen LogP contribution < -0.4 is 0 Å². The lowest BCUT2D eigenvalue weighted by Crippen LogP contribution is -2.47. The average molecular weight is 208 g/mol. The second kappa shape index (κ2) is 3.92. The zero-order valence-corrected chi connectivity index (χ0v) is 10.4. The molecular weight excluding hydrogens is 184 g/mol. The number of ketones is 1. The predicted molar refractivity (Wildman–Crippen MR) is 62.6 cm³/mol. The molecule has 86 valence electrons. The van der Waals surface area contributed by atoms with Gasteiger partial charge in [-0.1, -0.05) is 26.7 Å². The second-order valence-corrected chi connectivity index (χ2v) is 5.94. The van der Waals surface area contributed by atoms with Gasteiger partial charge in [0, 0.05) is 5.41 Å². The summed E-state index contributed by atoms with van der Waals surface area (Å²) in [5.74, 6) is 2.74. The highest BCUT2D eigenvalue weighted by Gasteiger charge is 2.50. The van der Waals surface area contributed by atoms with Crippen LogP contribution in [0.4, 0.5) is 0 Å². The Hall–Kier alpha value is -0.330. The molecule has 0 aliphatic heterocycles. The van der Waals surface area contributed by atoms with Gasteiger partial charge in [0.15, 0.2) is 0 Å². The van der Waals surface area contributed by atoms with Gasteiger partial charge in [0.05, 0.1) is 0 Å². The number of carbonyl (C=O) groups is 1. The zero-order chi connectivity index (χ0) is 11.1. The van der Waals surface area contributed by atoms with E-state index in [1.165, 1.54) is 38.5 Å². The van der Waals surface area contributed by atoms with Crippen molar-refractivity contribution in [1.82, 2.24) is 0 Å². The Morgan fingerprint density at radius 1 is 1.13 bits per heavy atom. The molecule has 2 fully saturated rings. The van der Waals surface area contributed by atoms with Crippen LogP contribution in [0.5, 0.6) is 0 Å². The highest BCUT2D eigenvalue weighted by atomic mass is 16.1. The minimum absolute atomic E-state index is 0.0875. The predicted octanol–water partition coefficient (Wildman–Crippen LogP) is 3.82. The highest BCUT2D eigenvalue weighted by molar-refractivity contribution is 5.83. The number of Topliss-reactive ketones (excluding diaryl/α,β-unsaturated/α-hetero) is 1. The van der Waals surface area contributed by atoms with Gasteiger partial charge in [-0.2, -0.15) is 0 Å². The Morgan fingerprint density at radius 2 is 1.87 bits per heavy atom. The summed E-state index contributed by atoms with van der Waals surface area (Å²) in [6.07, 6.45) is 7.51. The maximum absolute atomic E-state index is 12.0. The van der Waals surface area contributed by atoms with Crippen molar-refractivity contribution >= 4 is 5.78 Å². The highest BCUT2D eigenvalue weighted by Crippen LogP contribution is 2.54. The maximum Gasteiger partial charge on any atom is 0.136 e. The first kappa shape index (κ1) is 11.2. The van der Waals surface area contributed by atoms with E-state index in [1.807, 2.05) is 6.92 Å². The number of carbonyl (C=O) groups excluding carboxylic acids is 1. The number of fused-ring (bicyclic) bond motifs is 1. The van der Waals surface area contributed by atoms with Crippen molar-refractivity contribution in [1.29, 1.82) is 0 Å². The van der Waals surface area contributed by atoms with Gasteiger partial charge in [-0.05, 0) is 50.4 Å². The van der Waals surface area contributed by atoms with Gasteiger partial charge in [-0.15, -0.1) is 0 Å². The monoisotopic (exact) mass is 208 g/mol. The van der Waals surface area contributed by atoms with E-state index < -0.39 is 0 Å². The summed E-state index contributed by atoms with van der Waals surface area (Å²) in [5.41, 5.74) is 0.0875. The van der Waals surface area contributed by atoms with Gasteiger partial charge < -0.3 is 0 Å². The Morgan fingerprint density at radius 3 is 2.53 bits per heavy atom. The molecule has 2 saturated carbocycles. The minimum atomic E-state index is 0.0875. The lowest BCUT2D eigenvalue weighted by Gasteiger charge is -2.51. The third-order valence-corrected chi connectivity index (χ3v) is 5.38. The summed E-state index contributed by atoms with van der Waals surface area (Å²) in [4.78, 5) is 12.0. The van der Waals surface area contributed by atoms with Crippen LogP contribution in [0.15, 0.2) is 0 Å². The normalized spacial score (nSPS) is 45.9.